The molecule has 158 valence electrons. The number of hydrogen-bond acceptors (Lipinski definition) is 0. The van der Waals surface area contributed by atoms with Crippen molar-refractivity contribution in [2.75, 3.05) is 0 Å². The van der Waals surface area contributed by atoms with Crippen LogP contribution in [0.5, 0.6) is 0 Å². The zero-order valence-corrected chi connectivity index (χ0v) is 18.6. The van der Waals surface area contributed by atoms with Crippen molar-refractivity contribution in [3.8, 4) is 16.8 Å². The van der Waals surface area contributed by atoms with E-state index < -0.39 is 0 Å². The molecule has 0 radical (unpaired) electrons. The van der Waals surface area contributed by atoms with Crippen molar-refractivity contribution in [1.29, 1.82) is 0 Å². The molecule has 0 saturated carbocycles. The molecule has 0 aliphatic heterocycles. The number of benzene rings is 6. The molecular formula is C33H21N. The van der Waals surface area contributed by atoms with Crippen molar-refractivity contribution >= 4 is 43.4 Å². The number of rotatable bonds is 1. The van der Waals surface area contributed by atoms with Crippen molar-refractivity contribution in [3.05, 3.63) is 126 Å². The van der Waals surface area contributed by atoms with Crippen LogP contribution in [0.25, 0.3) is 60.2 Å². The Morgan fingerprint density at radius 1 is 0.471 bits per heavy atom. The lowest BCUT2D eigenvalue weighted by atomic mass is 9.95. The van der Waals surface area contributed by atoms with Gasteiger partial charge in [0.1, 0.15) is 0 Å². The number of nitrogens with zero attached hydrogens (tertiary/aromatic N) is 1. The summed E-state index contributed by atoms with van der Waals surface area (Å²) in [5, 5.41) is 8.03. The second kappa shape index (κ2) is 6.59. The molecule has 0 atom stereocenters. The highest BCUT2D eigenvalue weighted by molar-refractivity contribution is 6.27. The van der Waals surface area contributed by atoms with Crippen molar-refractivity contribution in [2.24, 2.45) is 0 Å². The number of para-hydroxylation sites is 1. The van der Waals surface area contributed by atoms with Crippen molar-refractivity contribution in [3.63, 3.8) is 0 Å². The minimum absolute atomic E-state index is 0.987. The van der Waals surface area contributed by atoms with Crippen LogP contribution < -0.4 is 0 Å². The van der Waals surface area contributed by atoms with Gasteiger partial charge in [-0.2, -0.15) is 0 Å². The van der Waals surface area contributed by atoms with Gasteiger partial charge in [-0.25, -0.2) is 0 Å². The third-order valence-electron chi connectivity index (χ3n) is 7.62. The first-order chi connectivity index (χ1) is 16.9. The first kappa shape index (κ1) is 18.1. The third-order valence-corrected chi connectivity index (χ3v) is 7.62. The van der Waals surface area contributed by atoms with Gasteiger partial charge >= 0.3 is 0 Å². The first-order valence-corrected chi connectivity index (χ1v) is 11.9. The smallest absolute Gasteiger partial charge is 0.0547 e. The molecule has 7 aromatic rings. The molecule has 6 aromatic carbocycles. The van der Waals surface area contributed by atoms with Gasteiger partial charge in [0.2, 0.25) is 0 Å². The van der Waals surface area contributed by atoms with Gasteiger partial charge in [-0.15, -0.1) is 0 Å². The van der Waals surface area contributed by atoms with E-state index >= 15 is 0 Å². The fraction of sp³-hybridized carbons (Fsp3) is 0.0303. The zero-order chi connectivity index (χ0) is 22.2. The molecule has 0 fully saturated rings. The van der Waals surface area contributed by atoms with Crippen LogP contribution in [0.15, 0.2) is 115 Å². The minimum Gasteiger partial charge on any atom is -0.309 e. The van der Waals surface area contributed by atoms with Crippen LogP contribution in [-0.2, 0) is 6.42 Å². The van der Waals surface area contributed by atoms with Crippen LogP contribution in [0.1, 0.15) is 11.1 Å². The second-order valence-corrected chi connectivity index (χ2v) is 9.33. The van der Waals surface area contributed by atoms with Crippen molar-refractivity contribution in [2.45, 2.75) is 6.42 Å². The third kappa shape index (κ3) is 2.29. The quantitative estimate of drug-likeness (QED) is 0.229. The predicted octanol–water partition coefficient (Wildman–Crippen LogP) is 8.66. The molecule has 1 heterocycles. The van der Waals surface area contributed by atoms with Gasteiger partial charge in [-0.3, -0.25) is 0 Å². The molecule has 1 heteroatoms. The molecule has 0 saturated heterocycles. The predicted molar refractivity (Wildman–Crippen MR) is 144 cm³/mol. The van der Waals surface area contributed by atoms with Crippen LogP contribution in [0.4, 0.5) is 0 Å². The van der Waals surface area contributed by atoms with Crippen LogP contribution in [0, 0.1) is 0 Å². The Kier molecular flexibility index (Phi) is 3.51. The molecule has 1 aromatic heterocycles. The standard InChI is InChI=1S/C33H21N/c1-2-10-23(11-3-1)34-30-18-16-26-24-12-6-4-8-21(24)14-15-28(26)32(30)33-29-20-22-9-5-7-13-25(22)27(29)17-19-31(33)34/h1-19H,20H2. The van der Waals surface area contributed by atoms with Crippen LogP contribution in [0.2, 0.25) is 0 Å². The fourth-order valence-corrected chi connectivity index (χ4v) is 6.18. The van der Waals surface area contributed by atoms with Gasteiger partial charge in [-0.05, 0) is 74.5 Å². The Balaban J connectivity index is 1.61. The van der Waals surface area contributed by atoms with Crippen molar-refractivity contribution < 1.29 is 0 Å². The van der Waals surface area contributed by atoms with Crippen LogP contribution in [0.3, 0.4) is 0 Å². The van der Waals surface area contributed by atoms with E-state index in [1.807, 2.05) is 0 Å². The monoisotopic (exact) mass is 431 g/mol. The highest BCUT2D eigenvalue weighted by Crippen LogP contribution is 2.46. The summed E-state index contributed by atoms with van der Waals surface area (Å²) in [4.78, 5) is 0. The summed E-state index contributed by atoms with van der Waals surface area (Å²) in [7, 11) is 0. The Labute approximate surface area is 197 Å². The van der Waals surface area contributed by atoms with E-state index in [1.54, 1.807) is 0 Å². The lowest BCUT2D eigenvalue weighted by Crippen LogP contribution is -1.93. The largest absolute Gasteiger partial charge is 0.309 e. The van der Waals surface area contributed by atoms with Gasteiger partial charge < -0.3 is 4.57 Å². The highest BCUT2D eigenvalue weighted by atomic mass is 15.0. The van der Waals surface area contributed by atoms with Gasteiger partial charge in [0.15, 0.2) is 0 Å². The number of fused-ring (bicyclic) bond motifs is 11. The Bertz CT molecular complexity index is 1920. The molecular weight excluding hydrogens is 410 g/mol. The highest BCUT2D eigenvalue weighted by Gasteiger charge is 2.25. The summed E-state index contributed by atoms with van der Waals surface area (Å²) in [6.45, 7) is 0. The summed E-state index contributed by atoms with van der Waals surface area (Å²) in [6.07, 6.45) is 0.987. The van der Waals surface area contributed by atoms with E-state index in [-0.39, 0.29) is 0 Å². The topological polar surface area (TPSA) is 4.93 Å². The Morgan fingerprint density at radius 2 is 1.21 bits per heavy atom. The SMILES string of the molecule is c1ccc(-n2c3ccc4c(c3c3c5ccc6ccccc6c5ccc32)Cc2ccccc2-4)cc1. The van der Waals surface area contributed by atoms with Crippen molar-refractivity contribution in [1.82, 2.24) is 4.57 Å². The van der Waals surface area contributed by atoms with E-state index in [1.165, 1.54) is 71.3 Å². The van der Waals surface area contributed by atoms with Gasteiger partial charge in [0.25, 0.3) is 0 Å². The van der Waals surface area contributed by atoms with E-state index in [0.717, 1.165) is 6.42 Å². The number of hydrogen-bond donors (Lipinski definition) is 0. The Hall–Kier alpha value is -4.36. The maximum atomic E-state index is 2.45. The average Bonchev–Trinajstić information content (AvgIpc) is 3.44. The molecule has 1 nitrogen and oxygen atoms in total. The molecule has 1 aliphatic rings. The van der Waals surface area contributed by atoms with Gasteiger partial charge in [0.05, 0.1) is 11.0 Å². The molecule has 0 bridgehead atoms. The zero-order valence-electron chi connectivity index (χ0n) is 18.6. The summed E-state index contributed by atoms with van der Waals surface area (Å²) in [5.41, 5.74) is 9.41. The second-order valence-electron chi connectivity index (χ2n) is 9.33. The summed E-state index contributed by atoms with van der Waals surface area (Å²) in [5.74, 6) is 0. The lowest BCUT2D eigenvalue weighted by molar-refractivity contribution is 1.18. The van der Waals surface area contributed by atoms with E-state index in [2.05, 4.69) is 120 Å². The summed E-state index contributed by atoms with van der Waals surface area (Å²) in [6, 6.07) is 42.3. The normalized spacial score (nSPS) is 12.6. The molecule has 0 amide bonds. The maximum absolute atomic E-state index is 2.45. The maximum Gasteiger partial charge on any atom is 0.0547 e. The average molecular weight is 432 g/mol. The van der Waals surface area contributed by atoms with Crippen LogP contribution in [-0.4, -0.2) is 4.57 Å². The molecule has 8 rings (SSSR count). The first-order valence-electron chi connectivity index (χ1n) is 11.9. The van der Waals surface area contributed by atoms with Gasteiger partial charge in [-0.1, -0.05) is 91.0 Å². The lowest BCUT2D eigenvalue weighted by Gasteiger charge is -2.09. The fourth-order valence-electron chi connectivity index (χ4n) is 6.18. The summed E-state index contributed by atoms with van der Waals surface area (Å²) < 4.78 is 2.45. The molecule has 34 heavy (non-hydrogen) atoms. The molecule has 1 aliphatic carbocycles. The van der Waals surface area contributed by atoms with E-state index in [9.17, 15) is 0 Å². The van der Waals surface area contributed by atoms with Crippen LogP contribution >= 0.6 is 0 Å². The summed E-state index contributed by atoms with van der Waals surface area (Å²) >= 11 is 0. The van der Waals surface area contributed by atoms with E-state index in [4.69, 9.17) is 0 Å². The minimum atomic E-state index is 0.987. The molecule has 0 spiro atoms. The molecule has 0 N–H and O–H groups in total. The molecule has 0 unspecified atom stereocenters. The van der Waals surface area contributed by atoms with Gasteiger partial charge in [0, 0.05) is 16.5 Å². The Morgan fingerprint density at radius 3 is 2.15 bits per heavy atom. The number of aromatic nitrogens is 1. The van der Waals surface area contributed by atoms with E-state index in [0.29, 0.717) is 0 Å².